The number of piperidine rings is 1. The first kappa shape index (κ1) is 17.5. The van der Waals surface area contributed by atoms with E-state index in [1.807, 2.05) is 56.3 Å². The van der Waals surface area contributed by atoms with E-state index in [2.05, 4.69) is 10.3 Å². The number of anilines is 1. The van der Waals surface area contributed by atoms with E-state index in [0.717, 1.165) is 28.7 Å². The molecule has 2 N–H and O–H groups in total. The average molecular weight is 342 g/mol. The molecule has 1 aromatic heterocycles. The van der Waals surface area contributed by atoms with Gasteiger partial charge in [0.2, 0.25) is 0 Å². The fraction of sp³-hybridized carbons (Fsp3) is 0.474. The van der Waals surface area contributed by atoms with Crippen molar-refractivity contribution in [1.29, 1.82) is 0 Å². The second-order valence-electron chi connectivity index (χ2n) is 6.99. The van der Waals surface area contributed by atoms with Crippen molar-refractivity contribution in [3.05, 3.63) is 35.9 Å². The summed E-state index contributed by atoms with van der Waals surface area (Å²) in [6, 6.07) is 9.83. The predicted molar refractivity (Wildman–Crippen MR) is 99.7 cm³/mol. The van der Waals surface area contributed by atoms with Crippen LogP contribution in [-0.4, -0.2) is 54.3 Å². The minimum absolute atomic E-state index is 0.127. The lowest BCUT2D eigenvalue weighted by atomic mass is 9.96. The molecule has 1 aliphatic rings. The molecule has 3 rings (SSSR count). The number of nitrogens with one attached hydrogen (secondary N) is 1. The van der Waals surface area contributed by atoms with E-state index >= 15 is 0 Å². The molecule has 2 unspecified atom stereocenters. The highest BCUT2D eigenvalue weighted by molar-refractivity contribution is 5.84. The van der Waals surface area contributed by atoms with Gasteiger partial charge in [-0.05, 0) is 30.0 Å². The molecule has 2 heterocycles. The quantitative estimate of drug-likeness (QED) is 0.897. The second-order valence-corrected chi connectivity index (χ2v) is 6.99. The highest BCUT2D eigenvalue weighted by Gasteiger charge is 2.27. The summed E-state index contributed by atoms with van der Waals surface area (Å²) in [7, 11) is 3.91. The van der Waals surface area contributed by atoms with Crippen LogP contribution in [0.1, 0.15) is 18.9 Å². The second kappa shape index (κ2) is 7.27. The van der Waals surface area contributed by atoms with Crippen LogP contribution in [0.15, 0.2) is 30.3 Å². The Hall–Kier alpha value is -2.34. The van der Waals surface area contributed by atoms with Gasteiger partial charge in [-0.15, -0.1) is 0 Å². The summed E-state index contributed by atoms with van der Waals surface area (Å²) in [5, 5.41) is 14.0. The molecule has 0 aliphatic carbocycles. The number of aliphatic hydroxyl groups is 1. The number of hydrogen-bond acceptors (Lipinski definition) is 4. The molecule has 6 nitrogen and oxygen atoms in total. The number of urea groups is 1. The maximum Gasteiger partial charge on any atom is 0.317 e. The van der Waals surface area contributed by atoms with Gasteiger partial charge >= 0.3 is 6.03 Å². The fourth-order valence-electron chi connectivity index (χ4n) is 3.12. The number of para-hydroxylation sites is 1. The van der Waals surface area contributed by atoms with Crippen molar-refractivity contribution >= 4 is 22.8 Å². The summed E-state index contributed by atoms with van der Waals surface area (Å²) in [6.45, 7) is 3.54. The van der Waals surface area contributed by atoms with Crippen molar-refractivity contribution < 1.29 is 9.90 Å². The van der Waals surface area contributed by atoms with Crippen LogP contribution < -0.4 is 10.2 Å². The third kappa shape index (κ3) is 3.85. The number of pyridine rings is 1. The first-order valence-electron chi connectivity index (χ1n) is 8.72. The third-order valence-corrected chi connectivity index (χ3v) is 4.88. The van der Waals surface area contributed by atoms with Crippen molar-refractivity contribution in [2.45, 2.75) is 26.0 Å². The maximum atomic E-state index is 12.5. The molecular weight excluding hydrogens is 316 g/mol. The molecule has 1 aromatic carbocycles. The number of carbonyl (C=O) groups is 1. The van der Waals surface area contributed by atoms with Crippen LogP contribution in [0.4, 0.5) is 10.6 Å². The number of hydrogen-bond donors (Lipinski definition) is 2. The molecule has 1 saturated heterocycles. The van der Waals surface area contributed by atoms with Gasteiger partial charge in [-0.3, -0.25) is 0 Å². The van der Waals surface area contributed by atoms with Gasteiger partial charge < -0.3 is 20.2 Å². The molecule has 0 radical (unpaired) electrons. The lowest BCUT2D eigenvalue weighted by Gasteiger charge is -2.34. The number of carbonyl (C=O) groups excluding carboxylic acids is 1. The van der Waals surface area contributed by atoms with E-state index in [0.29, 0.717) is 19.6 Å². The highest BCUT2D eigenvalue weighted by atomic mass is 16.3. The molecular formula is C19H26N4O2. The number of fused-ring (bicyclic) bond motifs is 1. The van der Waals surface area contributed by atoms with Crippen LogP contribution in [0.3, 0.4) is 0 Å². The average Bonchev–Trinajstić information content (AvgIpc) is 2.61. The Balaban J connectivity index is 1.75. The molecule has 134 valence electrons. The van der Waals surface area contributed by atoms with Gasteiger partial charge in [0, 0.05) is 39.1 Å². The molecule has 2 atom stereocenters. The summed E-state index contributed by atoms with van der Waals surface area (Å²) in [4.78, 5) is 20.8. The summed E-state index contributed by atoms with van der Waals surface area (Å²) >= 11 is 0. The van der Waals surface area contributed by atoms with Gasteiger partial charge in [-0.25, -0.2) is 9.78 Å². The SMILES string of the molecule is CC1CCN(C(=O)NCc2cc(N(C)C)nc3ccccc23)CC1O. The van der Waals surface area contributed by atoms with Crippen LogP contribution in [0, 0.1) is 5.92 Å². The predicted octanol–water partition coefficient (Wildman–Crippen LogP) is 2.21. The van der Waals surface area contributed by atoms with E-state index in [1.54, 1.807) is 4.90 Å². The van der Waals surface area contributed by atoms with Gasteiger partial charge in [0.1, 0.15) is 5.82 Å². The zero-order valence-corrected chi connectivity index (χ0v) is 15.1. The van der Waals surface area contributed by atoms with Gasteiger partial charge in [-0.1, -0.05) is 25.1 Å². The Morgan fingerprint density at radius 1 is 1.40 bits per heavy atom. The van der Waals surface area contributed by atoms with Gasteiger partial charge in [0.05, 0.1) is 11.6 Å². The highest BCUT2D eigenvalue weighted by Crippen LogP contribution is 2.22. The molecule has 0 spiro atoms. The number of likely N-dealkylation sites (tertiary alicyclic amines) is 1. The summed E-state index contributed by atoms with van der Waals surface area (Å²) in [5.41, 5.74) is 1.95. The number of β-amino-alcohol motifs (C(OH)–C–C–N with tert-alkyl or cyclic N) is 1. The molecule has 0 bridgehead atoms. The van der Waals surface area contributed by atoms with E-state index in [1.165, 1.54) is 0 Å². The Bertz CT molecular complexity index is 762. The first-order valence-corrected chi connectivity index (χ1v) is 8.72. The largest absolute Gasteiger partial charge is 0.391 e. The molecule has 2 aromatic rings. The zero-order valence-electron chi connectivity index (χ0n) is 15.1. The van der Waals surface area contributed by atoms with E-state index < -0.39 is 6.10 Å². The molecule has 2 amide bonds. The Morgan fingerprint density at radius 3 is 2.88 bits per heavy atom. The number of aliphatic hydroxyl groups excluding tert-OH is 1. The molecule has 0 saturated carbocycles. The van der Waals surface area contributed by atoms with Gasteiger partial charge in [-0.2, -0.15) is 0 Å². The minimum Gasteiger partial charge on any atom is -0.391 e. The van der Waals surface area contributed by atoms with Crippen LogP contribution in [0.5, 0.6) is 0 Å². The zero-order chi connectivity index (χ0) is 18.0. The lowest BCUT2D eigenvalue weighted by molar-refractivity contribution is 0.0435. The Kier molecular flexibility index (Phi) is 5.08. The Labute approximate surface area is 148 Å². The molecule has 6 heteroatoms. The van der Waals surface area contributed by atoms with Crippen molar-refractivity contribution in [2.24, 2.45) is 5.92 Å². The first-order chi connectivity index (χ1) is 12.0. The molecule has 1 aliphatic heterocycles. The van der Waals surface area contributed by atoms with Crippen molar-refractivity contribution in [3.8, 4) is 0 Å². The van der Waals surface area contributed by atoms with E-state index in [4.69, 9.17) is 0 Å². The molecule has 1 fully saturated rings. The number of nitrogens with zero attached hydrogens (tertiary/aromatic N) is 3. The smallest absolute Gasteiger partial charge is 0.317 e. The summed E-state index contributed by atoms with van der Waals surface area (Å²) in [5.74, 6) is 1.11. The standard InChI is InChI=1S/C19H26N4O2/c1-13-8-9-23(12-17(13)24)19(25)20-11-14-10-18(22(2)3)21-16-7-5-4-6-15(14)16/h4-7,10,13,17,24H,8-9,11-12H2,1-3H3,(H,20,25). The van der Waals surface area contributed by atoms with Crippen molar-refractivity contribution in [3.63, 3.8) is 0 Å². The van der Waals surface area contributed by atoms with Crippen LogP contribution >= 0.6 is 0 Å². The topological polar surface area (TPSA) is 68.7 Å². The molecule has 25 heavy (non-hydrogen) atoms. The van der Waals surface area contributed by atoms with Crippen LogP contribution in [0.25, 0.3) is 10.9 Å². The fourth-order valence-corrected chi connectivity index (χ4v) is 3.12. The minimum atomic E-state index is -0.443. The van der Waals surface area contributed by atoms with E-state index in [-0.39, 0.29) is 11.9 Å². The van der Waals surface area contributed by atoms with E-state index in [9.17, 15) is 9.90 Å². The summed E-state index contributed by atoms with van der Waals surface area (Å²) < 4.78 is 0. The number of amides is 2. The summed E-state index contributed by atoms with van der Waals surface area (Å²) in [6.07, 6.45) is 0.388. The Morgan fingerprint density at radius 2 is 2.16 bits per heavy atom. The number of aromatic nitrogens is 1. The van der Waals surface area contributed by atoms with Crippen LogP contribution in [-0.2, 0) is 6.54 Å². The monoisotopic (exact) mass is 342 g/mol. The van der Waals surface area contributed by atoms with Crippen molar-refractivity contribution in [1.82, 2.24) is 15.2 Å². The lowest BCUT2D eigenvalue weighted by Crippen LogP contribution is -2.49. The van der Waals surface area contributed by atoms with Crippen LogP contribution in [0.2, 0.25) is 0 Å². The van der Waals surface area contributed by atoms with Crippen molar-refractivity contribution in [2.75, 3.05) is 32.1 Å². The number of benzene rings is 1. The maximum absolute atomic E-state index is 12.5. The third-order valence-electron chi connectivity index (χ3n) is 4.88. The normalized spacial score (nSPS) is 20.6. The van der Waals surface area contributed by atoms with Gasteiger partial charge in [0.15, 0.2) is 0 Å². The number of rotatable bonds is 3. The van der Waals surface area contributed by atoms with Gasteiger partial charge in [0.25, 0.3) is 0 Å².